The average molecular weight is 815 g/mol. The van der Waals surface area contributed by atoms with E-state index in [1.807, 2.05) is 0 Å². The number of aliphatic hydroxyl groups excluding tert-OH is 3. The summed E-state index contributed by atoms with van der Waals surface area (Å²) < 4.78 is 26.2. The zero-order chi connectivity index (χ0) is 41.7. The maximum atomic E-state index is 12.4. The van der Waals surface area contributed by atoms with Crippen molar-refractivity contribution in [2.45, 2.75) is 199 Å². The fourth-order valence-corrected chi connectivity index (χ4v) is 6.33. The molecule has 0 radical (unpaired) electrons. The normalized spacial score (nSPS) is 15.2. The van der Waals surface area contributed by atoms with Gasteiger partial charge in [-0.25, -0.2) is 4.57 Å². The second-order valence-corrected chi connectivity index (χ2v) is 16.4. The summed E-state index contributed by atoms with van der Waals surface area (Å²) in [4.78, 5) is 42.9. The van der Waals surface area contributed by atoms with Gasteiger partial charge in [-0.3, -0.25) is 14.1 Å². The fourth-order valence-electron chi connectivity index (χ4n) is 5.97. The monoisotopic (exact) mass is 815 g/mol. The molecule has 5 atom stereocenters. The summed E-state index contributed by atoms with van der Waals surface area (Å²) in [7, 11) is -4.84. The van der Waals surface area contributed by atoms with E-state index >= 15 is 0 Å². The number of carbonyl (C=O) groups is 2. The molecule has 0 heterocycles. The lowest BCUT2D eigenvalue weighted by Crippen LogP contribution is -2.29. The third kappa shape index (κ3) is 37.5. The van der Waals surface area contributed by atoms with Crippen molar-refractivity contribution in [3.8, 4) is 0 Å². The molecular formula is C44H79O11P. The fraction of sp³-hybridized carbons (Fsp3) is 0.773. The standard InChI is InChI=1S/C44H79O11P/c1-4-6-23-30-39(45)31-25-20-17-18-21-26-32-41(46)42(47)33-28-35-43(48)53-36-40(37-54-56(50,51)52)55-44(49)34-27-22-16-14-12-10-8-7-9-11-13-15-19-24-29-38(3)5-2/h17-18,20-21,25-26,31-32,38-42,45-47H,4-16,19,22-24,27-30,33-37H2,1-3H3,(H2,50,51,52)/b20-17-,21-18+,31-25+,32-26+/t38?,39-,40-,41-,42-/m1/s1. The summed E-state index contributed by atoms with van der Waals surface area (Å²) in [5, 5.41) is 30.3. The zero-order valence-electron chi connectivity index (χ0n) is 35.0. The van der Waals surface area contributed by atoms with Crippen LogP contribution >= 0.6 is 7.82 Å². The topological polar surface area (TPSA) is 180 Å². The Morgan fingerprint density at radius 2 is 1.09 bits per heavy atom. The summed E-state index contributed by atoms with van der Waals surface area (Å²) in [6.07, 6.45) is 33.4. The lowest BCUT2D eigenvalue weighted by Gasteiger charge is -2.18. The number of rotatable bonds is 38. The van der Waals surface area contributed by atoms with Gasteiger partial charge in [0.15, 0.2) is 6.10 Å². The Morgan fingerprint density at radius 3 is 1.64 bits per heavy atom. The molecular weight excluding hydrogens is 735 g/mol. The summed E-state index contributed by atoms with van der Waals surface area (Å²) in [6, 6.07) is 0. The number of phosphoric ester groups is 1. The van der Waals surface area contributed by atoms with Crippen LogP contribution in [0, 0.1) is 5.92 Å². The first kappa shape index (κ1) is 53.9. The van der Waals surface area contributed by atoms with Crippen LogP contribution in [0.5, 0.6) is 0 Å². The maximum absolute atomic E-state index is 12.4. The van der Waals surface area contributed by atoms with Gasteiger partial charge in [0.05, 0.1) is 24.9 Å². The molecule has 0 amide bonds. The smallest absolute Gasteiger partial charge is 0.462 e. The molecule has 0 aliphatic heterocycles. The minimum Gasteiger partial charge on any atom is -0.462 e. The summed E-state index contributed by atoms with van der Waals surface area (Å²) >= 11 is 0. The van der Waals surface area contributed by atoms with Gasteiger partial charge in [-0.2, -0.15) is 0 Å². The highest BCUT2D eigenvalue weighted by atomic mass is 31.2. The number of ether oxygens (including phenoxy) is 2. The molecule has 0 fully saturated rings. The van der Waals surface area contributed by atoms with Crippen molar-refractivity contribution in [3.05, 3.63) is 48.6 Å². The van der Waals surface area contributed by atoms with Gasteiger partial charge >= 0.3 is 19.8 Å². The predicted molar refractivity (Wildman–Crippen MR) is 225 cm³/mol. The van der Waals surface area contributed by atoms with Crippen LogP contribution in [0.4, 0.5) is 0 Å². The van der Waals surface area contributed by atoms with Gasteiger partial charge in [-0.1, -0.05) is 185 Å². The Morgan fingerprint density at radius 1 is 0.589 bits per heavy atom. The minimum absolute atomic E-state index is 0.0855. The lowest BCUT2D eigenvalue weighted by molar-refractivity contribution is -0.161. The zero-order valence-corrected chi connectivity index (χ0v) is 35.9. The molecule has 0 aliphatic carbocycles. The summed E-state index contributed by atoms with van der Waals surface area (Å²) in [6.45, 7) is 5.66. The first-order valence-corrected chi connectivity index (χ1v) is 23.2. The number of hydrogen-bond acceptors (Lipinski definition) is 9. The molecule has 12 heteroatoms. The number of allylic oxidation sites excluding steroid dienone is 6. The molecule has 1 unspecified atom stereocenters. The molecule has 0 aromatic heterocycles. The highest BCUT2D eigenvalue weighted by Gasteiger charge is 2.23. The highest BCUT2D eigenvalue weighted by Crippen LogP contribution is 2.36. The average Bonchev–Trinajstić information content (AvgIpc) is 3.16. The van der Waals surface area contributed by atoms with Crippen molar-refractivity contribution in [1.82, 2.24) is 0 Å². The van der Waals surface area contributed by atoms with Gasteiger partial charge in [0.2, 0.25) is 0 Å². The number of hydrogen-bond donors (Lipinski definition) is 5. The van der Waals surface area contributed by atoms with E-state index in [4.69, 9.17) is 19.3 Å². The first-order valence-electron chi connectivity index (χ1n) is 21.7. The van der Waals surface area contributed by atoms with Crippen LogP contribution in [-0.4, -0.2) is 74.7 Å². The van der Waals surface area contributed by atoms with E-state index in [0.717, 1.165) is 50.9 Å². The third-order valence-electron chi connectivity index (χ3n) is 9.76. The first-order chi connectivity index (χ1) is 26.9. The molecule has 0 rings (SSSR count). The number of phosphoric acid groups is 1. The molecule has 0 bridgehead atoms. The third-order valence-corrected chi connectivity index (χ3v) is 10.2. The quantitative estimate of drug-likeness (QED) is 0.0173. The number of unbranched alkanes of at least 4 members (excludes halogenated alkanes) is 15. The molecule has 0 saturated heterocycles. The Kier molecular flexibility index (Phi) is 35.8. The van der Waals surface area contributed by atoms with Crippen LogP contribution in [0.3, 0.4) is 0 Å². The van der Waals surface area contributed by atoms with Gasteiger partial charge in [-0.05, 0) is 31.6 Å². The number of aliphatic hydroxyl groups is 3. The minimum atomic E-state index is -4.84. The Hall–Kier alpha value is -2.11. The van der Waals surface area contributed by atoms with Crippen molar-refractivity contribution >= 4 is 19.8 Å². The Bertz CT molecular complexity index is 1120. The Labute approximate surface area is 339 Å². The van der Waals surface area contributed by atoms with E-state index in [1.54, 1.807) is 42.5 Å². The van der Waals surface area contributed by atoms with E-state index in [0.29, 0.717) is 6.42 Å². The molecule has 326 valence electrons. The van der Waals surface area contributed by atoms with Crippen molar-refractivity contribution < 1.29 is 53.3 Å². The lowest BCUT2D eigenvalue weighted by atomic mass is 9.99. The van der Waals surface area contributed by atoms with Crippen LogP contribution in [0.2, 0.25) is 0 Å². The molecule has 0 aromatic rings. The SMILES string of the molecule is CCCCC[C@@H](O)/C=C/C=C\C=C\C=C\[C@@H](O)[C@H](O)CCCC(=O)OC[C@H](COP(=O)(O)O)OC(=O)CCCCCCCCCCCCCCCCC(C)CC. The van der Waals surface area contributed by atoms with E-state index in [9.17, 15) is 29.5 Å². The van der Waals surface area contributed by atoms with E-state index in [-0.39, 0.29) is 25.7 Å². The van der Waals surface area contributed by atoms with Crippen LogP contribution < -0.4 is 0 Å². The second kappa shape index (κ2) is 37.2. The van der Waals surface area contributed by atoms with Crippen molar-refractivity contribution in [3.63, 3.8) is 0 Å². The number of esters is 2. The largest absolute Gasteiger partial charge is 0.469 e. The maximum Gasteiger partial charge on any atom is 0.469 e. The molecule has 0 aliphatic rings. The molecule has 56 heavy (non-hydrogen) atoms. The molecule has 11 nitrogen and oxygen atoms in total. The highest BCUT2D eigenvalue weighted by molar-refractivity contribution is 7.46. The summed E-state index contributed by atoms with van der Waals surface area (Å²) in [5.41, 5.74) is 0. The van der Waals surface area contributed by atoms with Crippen LogP contribution in [0.25, 0.3) is 0 Å². The predicted octanol–water partition coefficient (Wildman–Crippen LogP) is 9.90. The van der Waals surface area contributed by atoms with Gasteiger partial charge in [-0.15, -0.1) is 0 Å². The van der Waals surface area contributed by atoms with Gasteiger partial charge in [0, 0.05) is 12.8 Å². The molecule has 0 saturated carbocycles. The van der Waals surface area contributed by atoms with E-state index < -0.39 is 57.4 Å². The van der Waals surface area contributed by atoms with Crippen molar-refractivity contribution in [2.75, 3.05) is 13.2 Å². The molecule has 0 aromatic carbocycles. The van der Waals surface area contributed by atoms with Gasteiger partial charge in [0.1, 0.15) is 6.61 Å². The van der Waals surface area contributed by atoms with Crippen LogP contribution in [-0.2, 0) is 28.2 Å². The Balaban J connectivity index is 4.22. The second-order valence-electron chi connectivity index (χ2n) is 15.1. The summed E-state index contributed by atoms with van der Waals surface area (Å²) in [5.74, 6) is -0.348. The van der Waals surface area contributed by atoms with Crippen LogP contribution in [0.15, 0.2) is 48.6 Å². The molecule has 5 N–H and O–H groups in total. The van der Waals surface area contributed by atoms with E-state index in [2.05, 4.69) is 25.3 Å². The van der Waals surface area contributed by atoms with Crippen molar-refractivity contribution in [1.29, 1.82) is 0 Å². The van der Waals surface area contributed by atoms with Gasteiger partial charge in [0.25, 0.3) is 0 Å². The molecule has 0 spiro atoms. The van der Waals surface area contributed by atoms with Crippen molar-refractivity contribution in [2.24, 2.45) is 5.92 Å². The van der Waals surface area contributed by atoms with Gasteiger partial charge < -0.3 is 34.6 Å². The van der Waals surface area contributed by atoms with E-state index in [1.165, 1.54) is 83.1 Å². The van der Waals surface area contributed by atoms with Crippen LogP contribution in [0.1, 0.15) is 175 Å². The number of carbonyl (C=O) groups excluding carboxylic acids is 2.